The number of amides is 2. The van der Waals surface area contributed by atoms with Crippen molar-refractivity contribution in [3.63, 3.8) is 0 Å². The van der Waals surface area contributed by atoms with Crippen molar-refractivity contribution in [2.75, 3.05) is 51.6 Å². The molecule has 3 rings (SSSR count). The fourth-order valence-electron chi connectivity index (χ4n) is 3.37. The Kier molecular flexibility index (Phi) is 7.13. The summed E-state index contributed by atoms with van der Waals surface area (Å²) in [5.74, 6) is -0.242. The van der Waals surface area contributed by atoms with Crippen LogP contribution in [0.3, 0.4) is 0 Å². The number of halogens is 1. The summed E-state index contributed by atoms with van der Waals surface area (Å²) in [6.45, 7) is 4.98. The van der Waals surface area contributed by atoms with Crippen LogP contribution in [-0.2, 0) is 16.1 Å². The van der Waals surface area contributed by atoms with Gasteiger partial charge < -0.3 is 20.0 Å². The van der Waals surface area contributed by atoms with E-state index in [9.17, 15) is 14.0 Å². The second-order valence-electron chi connectivity index (χ2n) is 7.29. The molecule has 0 bridgehead atoms. The lowest BCUT2D eigenvalue weighted by Gasteiger charge is -2.30. The third kappa shape index (κ3) is 6.12. The highest BCUT2D eigenvalue weighted by molar-refractivity contribution is 7.07. The summed E-state index contributed by atoms with van der Waals surface area (Å²) in [4.78, 5) is 28.9. The van der Waals surface area contributed by atoms with Crippen molar-refractivity contribution in [3.8, 4) is 0 Å². The van der Waals surface area contributed by atoms with Crippen LogP contribution in [0.25, 0.3) is 0 Å². The topological polar surface area (TPSA) is 58.3 Å². The van der Waals surface area contributed by atoms with Crippen molar-refractivity contribution in [2.45, 2.75) is 6.54 Å². The van der Waals surface area contributed by atoms with Crippen molar-refractivity contribution >= 4 is 28.8 Å². The van der Waals surface area contributed by atoms with Crippen molar-refractivity contribution in [3.05, 3.63) is 52.5 Å². The van der Waals surface area contributed by atoms with Gasteiger partial charge in [-0.05, 0) is 46.7 Å². The van der Waals surface area contributed by atoms with E-state index in [-0.39, 0.29) is 17.6 Å². The first-order valence-electron chi connectivity index (χ1n) is 9.47. The van der Waals surface area contributed by atoms with Crippen LogP contribution in [0.4, 0.5) is 10.1 Å². The van der Waals surface area contributed by atoms with Crippen molar-refractivity contribution in [1.29, 1.82) is 0 Å². The number of carbonyl (C=O) groups excluding carboxylic acids is 2. The highest BCUT2D eigenvalue weighted by atomic mass is 32.1. The van der Waals surface area contributed by atoms with Gasteiger partial charge in [0.2, 0.25) is 0 Å². The molecule has 1 aliphatic rings. The van der Waals surface area contributed by atoms with E-state index in [1.165, 1.54) is 21.9 Å². The maximum atomic E-state index is 12.9. The van der Waals surface area contributed by atoms with Crippen LogP contribution in [0.15, 0.2) is 41.1 Å². The molecular weight excluding hydrogens is 379 g/mol. The summed E-state index contributed by atoms with van der Waals surface area (Å²) in [6.07, 6.45) is 0. The molecule has 1 aliphatic heterocycles. The largest absolute Gasteiger partial charge is 0.337 e. The average Bonchev–Trinajstić information content (AvgIpc) is 3.18. The van der Waals surface area contributed by atoms with Gasteiger partial charge >= 0.3 is 0 Å². The zero-order chi connectivity index (χ0) is 19.9. The summed E-state index contributed by atoms with van der Waals surface area (Å²) < 4.78 is 12.9. The molecule has 6 nitrogen and oxygen atoms in total. The van der Waals surface area contributed by atoms with Crippen LogP contribution >= 0.6 is 11.3 Å². The van der Waals surface area contributed by atoms with Gasteiger partial charge in [-0.25, -0.2) is 4.39 Å². The minimum Gasteiger partial charge on any atom is -0.337 e. The lowest BCUT2D eigenvalue weighted by Crippen LogP contribution is -3.28. The van der Waals surface area contributed by atoms with Gasteiger partial charge in [-0.15, -0.1) is 0 Å². The van der Waals surface area contributed by atoms with Crippen molar-refractivity contribution in [1.82, 2.24) is 4.90 Å². The van der Waals surface area contributed by atoms with Crippen LogP contribution in [0, 0.1) is 5.82 Å². The molecule has 2 heterocycles. The second kappa shape index (κ2) is 9.77. The number of hydrogen-bond acceptors (Lipinski definition) is 3. The lowest BCUT2D eigenvalue weighted by molar-refractivity contribution is -1.00. The first kappa shape index (κ1) is 20.4. The Morgan fingerprint density at radius 2 is 1.71 bits per heavy atom. The number of quaternary nitrogens is 2. The van der Waals surface area contributed by atoms with Gasteiger partial charge in [-0.2, -0.15) is 11.3 Å². The highest BCUT2D eigenvalue weighted by Crippen LogP contribution is 2.08. The normalized spacial score (nSPS) is 19.2. The first-order valence-corrected chi connectivity index (χ1v) is 10.4. The summed E-state index contributed by atoms with van der Waals surface area (Å²) in [5, 5.41) is 6.89. The number of hydrogen-bond donors (Lipinski definition) is 3. The third-order valence-electron chi connectivity index (χ3n) is 5.03. The number of anilines is 1. The maximum absolute atomic E-state index is 12.9. The zero-order valence-corrected chi connectivity index (χ0v) is 16.9. The number of rotatable bonds is 7. The monoisotopic (exact) mass is 406 g/mol. The Balaban J connectivity index is 1.37. The predicted octanol–water partition coefficient (Wildman–Crippen LogP) is -0.732. The van der Waals surface area contributed by atoms with E-state index < -0.39 is 0 Å². The Hall–Kier alpha value is -2.29. The molecule has 0 saturated carbocycles. The number of likely N-dealkylation sites (N-methyl/N-ethyl adjacent to an activating group) is 1. The number of thiophene rings is 1. The van der Waals surface area contributed by atoms with E-state index in [2.05, 4.69) is 10.7 Å². The molecule has 1 fully saturated rings. The van der Waals surface area contributed by atoms with Crippen LogP contribution < -0.4 is 15.1 Å². The molecule has 0 aliphatic carbocycles. The molecule has 2 amide bonds. The summed E-state index contributed by atoms with van der Waals surface area (Å²) in [6, 6.07) is 7.82. The first-order chi connectivity index (χ1) is 13.5. The van der Waals surface area contributed by atoms with Gasteiger partial charge in [0, 0.05) is 19.3 Å². The third-order valence-corrected chi connectivity index (χ3v) is 5.76. The number of nitrogens with zero attached hydrogens (tertiary/aromatic N) is 1. The molecule has 2 aromatic rings. The maximum Gasteiger partial charge on any atom is 0.279 e. The lowest BCUT2D eigenvalue weighted by atomic mass is 10.2. The molecule has 1 saturated heterocycles. The van der Waals surface area contributed by atoms with E-state index >= 15 is 0 Å². The SMILES string of the molecule is CN(Cc1ccsc1)C(=O)C[NH+]1CC[NH+](CC(=O)Nc2ccc(F)cc2)CC1. The number of benzene rings is 1. The minimum absolute atomic E-state index is 0.0726. The van der Waals surface area contributed by atoms with Gasteiger partial charge in [0.05, 0.1) is 0 Å². The van der Waals surface area contributed by atoms with Gasteiger partial charge in [-0.1, -0.05) is 0 Å². The molecule has 0 radical (unpaired) electrons. The number of carbonyl (C=O) groups is 2. The average molecular weight is 407 g/mol. The molecule has 1 aromatic heterocycles. The fourth-order valence-corrected chi connectivity index (χ4v) is 4.03. The molecule has 3 N–H and O–H groups in total. The minimum atomic E-state index is -0.321. The standard InChI is InChI=1S/C20H25FN4O2S/c1-23(12-16-6-11-28-15-16)20(27)14-25-9-7-24(8-10-25)13-19(26)22-18-4-2-17(21)3-5-18/h2-6,11,15H,7-10,12-14H2,1H3,(H,22,26)/p+2. The van der Waals surface area contributed by atoms with Crippen LogP contribution in [-0.4, -0.2) is 63.0 Å². The second-order valence-corrected chi connectivity index (χ2v) is 8.07. The van der Waals surface area contributed by atoms with E-state index in [4.69, 9.17) is 0 Å². The zero-order valence-electron chi connectivity index (χ0n) is 16.0. The highest BCUT2D eigenvalue weighted by Gasteiger charge is 2.27. The quantitative estimate of drug-likeness (QED) is 0.568. The number of nitrogens with one attached hydrogen (secondary N) is 3. The molecule has 1 aromatic carbocycles. The Labute approximate surface area is 168 Å². The summed E-state index contributed by atoms with van der Waals surface area (Å²) >= 11 is 1.64. The Bertz CT molecular complexity index is 774. The fraction of sp³-hybridized carbons (Fsp3) is 0.400. The molecule has 0 unspecified atom stereocenters. The van der Waals surface area contributed by atoms with E-state index in [0.29, 0.717) is 25.3 Å². The number of piperazine rings is 1. The van der Waals surface area contributed by atoms with Crippen molar-refractivity contribution < 1.29 is 23.8 Å². The van der Waals surface area contributed by atoms with Gasteiger partial charge in [0.1, 0.15) is 32.0 Å². The molecular formula is C20H27FN4O2S+2. The molecule has 8 heteroatoms. The van der Waals surface area contributed by atoms with E-state index in [1.54, 1.807) is 28.4 Å². The summed E-state index contributed by atoms with van der Waals surface area (Å²) in [7, 11) is 1.85. The van der Waals surface area contributed by atoms with E-state index in [0.717, 1.165) is 31.7 Å². The van der Waals surface area contributed by atoms with Crippen LogP contribution in [0.1, 0.15) is 5.56 Å². The molecule has 0 spiro atoms. The van der Waals surface area contributed by atoms with Crippen molar-refractivity contribution in [2.24, 2.45) is 0 Å². The van der Waals surface area contributed by atoms with Gasteiger partial charge in [0.15, 0.2) is 13.1 Å². The molecule has 28 heavy (non-hydrogen) atoms. The molecule has 150 valence electrons. The summed E-state index contributed by atoms with van der Waals surface area (Å²) in [5.41, 5.74) is 1.77. The predicted molar refractivity (Wildman–Crippen MR) is 107 cm³/mol. The Morgan fingerprint density at radius 1 is 1.07 bits per heavy atom. The Morgan fingerprint density at radius 3 is 2.32 bits per heavy atom. The van der Waals surface area contributed by atoms with Crippen LogP contribution in [0.5, 0.6) is 0 Å². The van der Waals surface area contributed by atoms with Crippen LogP contribution in [0.2, 0.25) is 0 Å². The van der Waals surface area contributed by atoms with Gasteiger partial charge in [-0.3, -0.25) is 9.59 Å². The van der Waals surface area contributed by atoms with E-state index in [1.807, 2.05) is 18.5 Å². The van der Waals surface area contributed by atoms with Gasteiger partial charge in [0.25, 0.3) is 11.8 Å². The molecule has 0 atom stereocenters. The smallest absolute Gasteiger partial charge is 0.279 e.